The highest BCUT2D eigenvalue weighted by molar-refractivity contribution is 5.95. The van der Waals surface area contributed by atoms with Crippen molar-refractivity contribution < 1.29 is 9.18 Å². The van der Waals surface area contributed by atoms with Gasteiger partial charge in [0.05, 0.1) is 5.69 Å². The van der Waals surface area contributed by atoms with Gasteiger partial charge in [0.15, 0.2) is 5.78 Å². The van der Waals surface area contributed by atoms with Crippen LogP contribution in [0.5, 0.6) is 0 Å². The maximum Gasteiger partial charge on any atom is 0.185 e. The lowest BCUT2D eigenvalue weighted by atomic mass is 10.0. The predicted octanol–water partition coefficient (Wildman–Crippen LogP) is 3.71. The van der Waals surface area contributed by atoms with Gasteiger partial charge in [-0.05, 0) is 42.0 Å². The van der Waals surface area contributed by atoms with Crippen molar-refractivity contribution in [2.75, 3.05) is 0 Å². The van der Waals surface area contributed by atoms with Crippen LogP contribution in [0.2, 0.25) is 0 Å². The number of carbonyl (C=O) groups is 1. The highest BCUT2D eigenvalue weighted by Gasteiger charge is 2.10. The Hall–Kier alpha value is -2.88. The van der Waals surface area contributed by atoms with Crippen molar-refractivity contribution in [1.29, 1.82) is 0 Å². The molecular weight excluding hydrogens is 279 g/mol. The minimum absolute atomic E-state index is 0.0775. The zero-order chi connectivity index (χ0) is 15.4. The summed E-state index contributed by atoms with van der Waals surface area (Å²) in [5.41, 5.74) is 2.15. The minimum atomic E-state index is -0.330. The Bertz CT molecular complexity index is 803. The van der Waals surface area contributed by atoms with Crippen molar-refractivity contribution in [2.45, 2.75) is 6.42 Å². The third-order valence-electron chi connectivity index (χ3n) is 3.29. The highest BCUT2D eigenvalue weighted by atomic mass is 19.1. The van der Waals surface area contributed by atoms with Crippen molar-refractivity contribution in [2.24, 2.45) is 0 Å². The molecule has 3 nitrogen and oxygen atoms in total. The van der Waals surface area contributed by atoms with Gasteiger partial charge >= 0.3 is 0 Å². The summed E-state index contributed by atoms with van der Waals surface area (Å²) in [6, 6.07) is 15.2. The summed E-state index contributed by atoms with van der Waals surface area (Å²) >= 11 is 0. The van der Waals surface area contributed by atoms with Crippen LogP contribution in [0.4, 0.5) is 4.39 Å². The second kappa shape index (κ2) is 6.26. The van der Waals surface area contributed by atoms with Gasteiger partial charge in [0.2, 0.25) is 0 Å². The number of halogens is 1. The first kappa shape index (κ1) is 14.1. The van der Waals surface area contributed by atoms with E-state index in [9.17, 15) is 9.18 Å². The van der Waals surface area contributed by atoms with E-state index in [1.807, 2.05) is 0 Å². The van der Waals surface area contributed by atoms with Crippen molar-refractivity contribution in [3.8, 4) is 11.3 Å². The maximum absolute atomic E-state index is 13.8. The SMILES string of the molecule is O=C(Cc1ccnc(-c2ccccc2F)c1)c1ccccn1. The van der Waals surface area contributed by atoms with E-state index in [0.29, 0.717) is 17.0 Å². The maximum atomic E-state index is 13.8. The quantitative estimate of drug-likeness (QED) is 0.688. The molecule has 0 unspecified atom stereocenters. The largest absolute Gasteiger partial charge is 0.292 e. The third kappa shape index (κ3) is 3.06. The summed E-state index contributed by atoms with van der Waals surface area (Å²) in [4.78, 5) is 20.4. The molecule has 0 aliphatic carbocycles. The summed E-state index contributed by atoms with van der Waals surface area (Å²) in [6.45, 7) is 0. The number of ketones is 1. The number of rotatable bonds is 4. The zero-order valence-electron chi connectivity index (χ0n) is 11.7. The number of carbonyl (C=O) groups excluding carboxylic acids is 1. The lowest BCUT2D eigenvalue weighted by molar-refractivity contribution is 0.0988. The van der Waals surface area contributed by atoms with Crippen LogP contribution in [0.3, 0.4) is 0 Å². The molecule has 3 aromatic rings. The molecule has 0 amide bonds. The van der Waals surface area contributed by atoms with Crippen molar-refractivity contribution in [1.82, 2.24) is 9.97 Å². The molecule has 0 saturated heterocycles. The van der Waals surface area contributed by atoms with Crippen LogP contribution in [0.1, 0.15) is 16.1 Å². The van der Waals surface area contributed by atoms with Gasteiger partial charge < -0.3 is 0 Å². The average molecular weight is 292 g/mol. The predicted molar refractivity (Wildman–Crippen MR) is 81.9 cm³/mol. The Balaban J connectivity index is 1.86. The molecule has 0 radical (unpaired) electrons. The summed E-state index contributed by atoms with van der Waals surface area (Å²) in [5.74, 6) is -0.408. The van der Waals surface area contributed by atoms with Gasteiger partial charge in [-0.15, -0.1) is 0 Å². The fourth-order valence-electron chi connectivity index (χ4n) is 2.20. The van der Waals surface area contributed by atoms with E-state index in [2.05, 4.69) is 9.97 Å². The van der Waals surface area contributed by atoms with Gasteiger partial charge in [-0.1, -0.05) is 18.2 Å². The minimum Gasteiger partial charge on any atom is -0.292 e. The van der Waals surface area contributed by atoms with Crippen LogP contribution < -0.4 is 0 Å². The van der Waals surface area contributed by atoms with Gasteiger partial charge in [-0.2, -0.15) is 0 Å². The average Bonchev–Trinajstić information content (AvgIpc) is 2.56. The summed E-state index contributed by atoms with van der Waals surface area (Å²) in [6.07, 6.45) is 3.38. The third-order valence-corrected chi connectivity index (χ3v) is 3.29. The molecule has 3 rings (SSSR count). The second-order valence-electron chi connectivity index (χ2n) is 4.84. The summed E-state index contributed by atoms with van der Waals surface area (Å²) in [5, 5.41) is 0. The number of pyridine rings is 2. The number of hydrogen-bond acceptors (Lipinski definition) is 3. The molecule has 0 bridgehead atoms. The molecular formula is C18H13FN2O. The number of nitrogens with zero attached hydrogens (tertiary/aromatic N) is 2. The van der Waals surface area contributed by atoms with Gasteiger partial charge in [-0.3, -0.25) is 14.8 Å². The Morgan fingerprint density at radius 1 is 0.955 bits per heavy atom. The standard InChI is InChI=1S/C18H13FN2O/c19-15-6-2-1-5-14(15)17-11-13(8-10-21-17)12-18(22)16-7-3-4-9-20-16/h1-11H,12H2. The van der Waals surface area contributed by atoms with Crippen LogP contribution in [0.25, 0.3) is 11.3 Å². The molecule has 0 saturated carbocycles. The van der Waals surface area contributed by atoms with Gasteiger partial charge in [0.1, 0.15) is 11.5 Å². The van der Waals surface area contributed by atoms with E-state index >= 15 is 0 Å². The molecule has 0 spiro atoms. The fraction of sp³-hybridized carbons (Fsp3) is 0.0556. The Kier molecular flexibility index (Phi) is 4.01. The molecule has 4 heteroatoms. The zero-order valence-corrected chi connectivity index (χ0v) is 11.7. The Labute approximate surface area is 127 Å². The van der Waals surface area contributed by atoms with Crippen LogP contribution in [0.15, 0.2) is 67.0 Å². The van der Waals surface area contributed by atoms with Gasteiger partial charge in [0, 0.05) is 24.4 Å². The molecule has 1 aromatic carbocycles. The van der Waals surface area contributed by atoms with Crippen LogP contribution in [0, 0.1) is 5.82 Å². The van der Waals surface area contributed by atoms with Crippen LogP contribution >= 0.6 is 0 Å². The monoisotopic (exact) mass is 292 g/mol. The summed E-state index contributed by atoms with van der Waals surface area (Å²) in [7, 11) is 0. The lowest BCUT2D eigenvalue weighted by Crippen LogP contribution is -2.05. The first-order chi connectivity index (χ1) is 10.7. The van der Waals surface area contributed by atoms with Crippen molar-refractivity contribution in [3.63, 3.8) is 0 Å². The molecule has 0 atom stereocenters. The number of Topliss-reactive ketones (excluding diaryl/α,β-unsaturated/α-hetero) is 1. The first-order valence-corrected chi connectivity index (χ1v) is 6.88. The lowest BCUT2D eigenvalue weighted by Gasteiger charge is -2.05. The topological polar surface area (TPSA) is 42.9 Å². The Morgan fingerprint density at radius 2 is 1.77 bits per heavy atom. The highest BCUT2D eigenvalue weighted by Crippen LogP contribution is 2.21. The number of benzene rings is 1. The van der Waals surface area contributed by atoms with Crippen LogP contribution in [-0.2, 0) is 6.42 Å². The van der Waals surface area contributed by atoms with Gasteiger partial charge in [0.25, 0.3) is 0 Å². The molecule has 22 heavy (non-hydrogen) atoms. The smallest absolute Gasteiger partial charge is 0.185 e. The first-order valence-electron chi connectivity index (χ1n) is 6.88. The second-order valence-corrected chi connectivity index (χ2v) is 4.84. The van der Waals surface area contributed by atoms with Crippen molar-refractivity contribution >= 4 is 5.78 Å². The summed E-state index contributed by atoms with van der Waals surface area (Å²) < 4.78 is 13.8. The van der Waals surface area contributed by atoms with E-state index < -0.39 is 0 Å². The molecule has 2 heterocycles. The molecule has 2 aromatic heterocycles. The molecule has 0 fully saturated rings. The fourth-order valence-corrected chi connectivity index (χ4v) is 2.20. The normalized spacial score (nSPS) is 10.4. The molecule has 108 valence electrons. The molecule has 0 aliphatic rings. The molecule has 0 N–H and O–H groups in total. The molecule has 0 aliphatic heterocycles. The van der Waals surface area contributed by atoms with Crippen LogP contribution in [-0.4, -0.2) is 15.8 Å². The van der Waals surface area contributed by atoms with E-state index in [-0.39, 0.29) is 18.0 Å². The number of hydrogen-bond donors (Lipinski definition) is 0. The number of aromatic nitrogens is 2. The van der Waals surface area contributed by atoms with E-state index in [4.69, 9.17) is 0 Å². The van der Waals surface area contributed by atoms with E-state index in [1.54, 1.807) is 60.9 Å². The Morgan fingerprint density at radius 3 is 2.55 bits per heavy atom. The van der Waals surface area contributed by atoms with Gasteiger partial charge in [-0.25, -0.2) is 4.39 Å². The van der Waals surface area contributed by atoms with E-state index in [1.165, 1.54) is 6.07 Å². The van der Waals surface area contributed by atoms with E-state index in [0.717, 1.165) is 5.56 Å². The van der Waals surface area contributed by atoms with Crippen molar-refractivity contribution in [3.05, 3.63) is 84.1 Å².